The molecule has 14 heavy (non-hydrogen) atoms. The van der Waals surface area contributed by atoms with Crippen molar-refractivity contribution in [1.29, 1.82) is 0 Å². The minimum Gasteiger partial charge on any atom is -0.317 e. The Kier molecular flexibility index (Phi) is 3.56. The van der Waals surface area contributed by atoms with Gasteiger partial charge in [-0.2, -0.15) is 0 Å². The van der Waals surface area contributed by atoms with E-state index in [9.17, 15) is 0 Å². The Hall–Kier alpha value is -0.380. The van der Waals surface area contributed by atoms with E-state index < -0.39 is 0 Å². The van der Waals surface area contributed by atoms with Crippen LogP contribution in [0.15, 0.2) is 17.5 Å². The first kappa shape index (κ1) is 10.1. The van der Waals surface area contributed by atoms with E-state index in [4.69, 9.17) is 0 Å². The van der Waals surface area contributed by atoms with E-state index in [0.29, 0.717) is 6.04 Å². The van der Waals surface area contributed by atoms with Crippen molar-refractivity contribution in [3.63, 3.8) is 0 Å². The number of rotatable bonds is 3. The molecule has 2 N–H and O–H groups in total. The third-order valence-electron chi connectivity index (χ3n) is 3.02. The van der Waals surface area contributed by atoms with Crippen LogP contribution in [0.3, 0.4) is 0 Å². The number of hydrogen-bond acceptors (Lipinski definition) is 3. The smallest absolute Gasteiger partial charge is 0.0441 e. The zero-order valence-corrected chi connectivity index (χ0v) is 9.44. The Balaban J connectivity index is 2.04. The van der Waals surface area contributed by atoms with Gasteiger partial charge in [0.1, 0.15) is 0 Å². The summed E-state index contributed by atoms with van der Waals surface area (Å²) in [6.45, 7) is 2.35. The molecule has 3 heteroatoms. The van der Waals surface area contributed by atoms with Gasteiger partial charge in [0.2, 0.25) is 0 Å². The predicted octanol–water partition coefficient (Wildman–Crippen LogP) is 2.01. The van der Waals surface area contributed by atoms with E-state index in [-0.39, 0.29) is 0 Å². The molecule has 2 heterocycles. The number of thiophene rings is 1. The maximum atomic E-state index is 3.46. The van der Waals surface area contributed by atoms with E-state index >= 15 is 0 Å². The first-order chi connectivity index (χ1) is 6.92. The van der Waals surface area contributed by atoms with Crippen LogP contribution in [0.25, 0.3) is 0 Å². The molecule has 1 fully saturated rings. The van der Waals surface area contributed by atoms with Crippen LogP contribution in [0.4, 0.5) is 0 Å². The van der Waals surface area contributed by atoms with Gasteiger partial charge in [-0.25, -0.2) is 0 Å². The van der Waals surface area contributed by atoms with Gasteiger partial charge in [-0.1, -0.05) is 6.07 Å². The molecule has 1 saturated heterocycles. The van der Waals surface area contributed by atoms with Crippen molar-refractivity contribution in [3.05, 3.63) is 22.4 Å². The second-order valence-electron chi connectivity index (χ2n) is 3.87. The molecule has 0 aromatic carbocycles. The minimum absolute atomic E-state index is 0.567. The van der Waals surface area contributed by atoms with Gasteiger partial charge in [0.05, 0.1) is 0 Å². The highest BCUT2D eigenvalue weighted by Crippen LogP contribution is 2.30. The summed E-state index contributed by atoms with van der Waals surface area (Å²) in [6.07, 6.45) is 2.59. The van der Waals surface area contributed by atoms with Gasteiger partial charge in [-0.05, 0) is 50.3 Å². The Morgan fingerprint density at radius 2 is 2.29 bits per heavy atom. The summed E-state index contributed by atoms with van der Waals surface area (Å²) < 4.78 is 0. The molecule has 1 aromatic heterocycles. The van der Waals surface area contributed by atoms with Crippen LogP contribution in [0.2, 0.25) is 0 Å². The first-order valence-electron chi connectivity index (χ1n) is 5.33. The maximum Gasteiger partial charge on any atom is 0.0441 e. The van der Waals surface area contributed by atoms with Crippen molar-refractivity contribution >= 4 is 11.3 Å². The summed E-state index contributed by atoms with van der Waals surface area (Å²) >= 11 is 1.87. The predicted molar refractivity (Wildman–Crippen MR) is 61.7 cm³/mol. The zero-order valence-electron chi connectivity index (χ0n) is 8.62. The molecule has 0 saturated carbocycles. The lowest BCUT2D eigenvalue weighted by molar-refractivity contribution is 0.297. The Labute approximate surface area is 89.7 Å². The lowest BCUT2D eigenvalue weighted by atomic mass is 9.89. The average molecular weight is 210 g/mol. The zero-order chi connectivity index (χ0) is 9.80. The van der Waals surface area contributed by atoms with Gasteiger partial charge in [-0.15, -0.1) is 11.3 Å². The van der Waals surface area contributed by atoms with Gasteiger partial charge >= 0.3 is 0 Å². The SMILES string of the molecule is CNC(c1cccs1)C1CCNCC1. The molecule has 1 aromatic rings. The highest BCUT2D eigenvalue weighted by atomic mass is 32.1. The van der Waals surface area contributed by atoms with Crippen LogP contribution >= 0.6 is 11.3 Å². The fourth-order valence-electron chi connectivity index (χ4n) is 2.26. The summed E-state index contributed by atoms with van der Waals surface area (Å²) in [5.41, 5.74) is 0. The van der Waals surface area contributed by atoms with Crippen LogP contribution in [-0.2, 0) is 0 Å². The lowest BCUT2D eigenvalue weighted by Crippen LogP contribution is -2.34. The molecule has 0 amide bonds. The van der Waals surface area contributed by atoms with Crippen LogP contribution < -0.4 is 10.6 Å². The molecule has 0 aliphatic carbocycles. The van der Waals surface area contributed by atoms with Crippen molar-refractivity contribution in [2.75, 3.05) is 20.1 Å². The minimum atomic E-state index is 0.567. The van der Waals surface area contributed by atoms with Crippen molar-refractivity contribution in [2.24, 2.45) is 5.92 Å². The molecule has 1 aliphatic heterocycles. The molecule has 0 spiro atoms. The Morgan fingerprint density at radius 1 is 1.50 bits per heavy atom. The van der Waals surface area contributed by atoms with Crippen LogP contribution in [0.1, 0.15) is 23.8 Å². The van der Waals surface area contributed by atoms with Crippen molar-refractivity contribution in [1.82, 2.24) is 10.6 Å². The van der Waals surface area contributed by atoms with Gasteiger partial charge in [0, 0.05) is 10.9 Å². The standard InChI is InChI=1S/C11H18N2S/c1-12-11(10-3-2-8-14-10)9-4-6-13-7-5-9/h2-3,8-9,11-13H,4-7H2,1H3. The largest absolute Gasteiger partial charge is 0.317 e. The summed E-state index contributed by atoms with van der Waals surface area (Å²) in [7, 11) is 2.08. The molecule has 1 atom stereocenters. The molecule has 1 unspecified atom stereocenters. The van der Waals surface area contributed by atoms with Crippen molar-refractivity contribution in [3.8, 4) is 0 Å². The van der Waals surface area contributed by atoms with E-state index in [1.165, 1.54) is 30.8 Å². The summed E-state index contributed by atoms with van der Waals surface area (Å²) in [5.74, 6) is 0.805. The van der Waals surface area contributed by atoms with Crippen LogP contribution in [-0.4, -0.2) is 20.1 Å². The molecular formula is C11H18N2S. The summed E-state index contributed by atoms with van der Waals surface area (Å²) in [5, 5.41) is 9.04. The van der Waals surface area contributed by atoms with E-state index in [2.05, 4.69) is 35.2 Å². The average Bonchev–Trinajstić information content (AvgIpc) is 2.74. The highest BCUT2D eigenvalue weighted by Gasteiger charge is 2.23. The third kappa shape index (κ3) is 2.16. The van der Waals surface area contributed by atoms with Gasteiger partial charge in [-0.3, -0.25) is 0 Å². The molecule has 2 nitrogen and oxygen atoms in total. The molecular weight excluding hydrogens is 192 g/mol. The molecule has 1 aliphatic rings. The van der Waals surface area contributed by atoms with E-state index in [1.807, 2.05) is 11.3 Å². The van der Waals surface area contributed by atoms with E-state index in [1.54, 1.807) is 0 Å². The molecule has 0 radical (unpaired) electrons. The van der Waals surface area contributed by atoms with Gasteiger partial charge in [0.15, 0.2) is 0 Å². The molecule has 0 bridgehead atoms. The number of piperidine rings is 1. The Morgan fingerprint density at radius 3 is 2.86 bits per heavy atom. The van der Waals surface area contributed by atoms with Gasteiger partial charge in [0.25, 0.3) is 0 Å². The second kappa shape index (κ2) is 4.91. The van der Waals surface area contributed by atoms with Crippen molar-refractivity contribution in [2.45, 2.75) is 18.9 Å². The van der Waals surface area contributed by atoms with Crippen LogP contribution in [0, 0.1) is 5.92 Å². The normalized spacial score (nSPS) is 20.9. The maximum absolute atomic E-state index is 3.46. The fraction of sp³-hybridized carbons (Fsp3) is 0.636. The second-order valence-corrected chi connectivity index (χ2v) is 4.85. The molecule has 78 valence electrons. The monoisotopic (exact) mass is 210 g/mol. The quantitative estimate of drug-likeness (QED) is 0.797. The third-order valence-corrected chi connectivity index (χ3v) is 3.97. The Bertz CT molecular complexity index is 252. The fourth-order valence-corrected chi connectivity index (χ4v) is 3.18. The first-order valence-corrected chi connectivity index (χ1v) is 6.21. The highest BCUT2D eigenvalue weighted by molar-refractivity contribution is 7.10. The number of nitrogens with one attached hydrogen (secondary N) is 2. The van der Waals surface area contributed by atoms with E-state index in [0.717, 1.165) is 5.92 Å². The molecule has 2 rings (SSSR count). The lowest BCUT2D eigenvalue weighted by Gasteiger charge is -2.29. The summed E-state index contributed by atoms with van der Waals surface area (Å²) in [4.78, 5) is 1.49. The van der Waals surface area contributed by atoms with Crippen LogP contribution in [0.5, 0.6) is 0 Å². The summed E-state index contributed by atoms with van der Waals surface area (Å²) in [6, 6.07) is 4.95. The topological polar surface area (TPSA) is 24.1 Å². The van der Waals surface area contributed by atoms with Crippen molar-refractivity contribution < 1.29 is 0 Å². The van der Waals surface area contributed by atoms with Gasteiger partial charge < -0.3 is 10.6 Å². The number of hydrogen-bond donors (Lipinski definition) is 2.